The van der Waals surface area contributed by atoms with E-state index in [4.69, 9.17) is 9.47 Å². The number of hydrogen-bond donors (Lipinski definition) is 0. The van der Waals surface area contributed by atoms with E-state index in [-0.39, 0.29) is 5.56 Å². The summed E-state index contributed by atoms with van der Waals surface area (Å²) < 4.78 is 14.7. The smallest absolute Gasteiger partial charge is 0.265 e. The molecular weight excluding hydrogens is 388 g/mol. The van der Waals surface area contributed by atoms with E-state index in [9.17, 15) is 10.1 Å². The van der Waals surface area contributed by atoms with Gasteiger partial charge in [-0.25, -0.2) is 0 Å². The second kappa shape index (κ2) is 7.40. The predicted molar refractivity (Wildman–Crippen MR) is 117 cm³/mol. The summed E-state index contributed by atoms with van der Waals surface area (Å²) in [4.78, 5) is 13.7. The summed E-state index contributed by atoms with van der Waals surface area (Å²) in [6.07, 6.45) is 2.76. The van der Waals surface area contributed by atoms with Gasteiger partial charge in [0.1, 0.15) is 11.9 Å². The Labute approximate surface area is 181 Å². The van der Waals surface area contributed by atoms with Gasteiger partial charge in [0.2, 0.25) is 5.79 Å². The van der Waals surface area contributed by atoms with Gasteiger partial charge < -0.3 is 9.47 Å². The average Bonchev–Trinajstić information content (AvgIpc) is 2.77. The SMILES string of the molecule is CCCC[C@]12Cc3cc(C#N)ccc3C(O1)c1c(cc(C)n(-c3ccccc3)c1=O)O2. The maximum absolute atomic E-state index is 13.7. The highest BCUT2D eigenvalue weighted by Crippen LogP contribution is 2.49. The van der Waals surface area contributed by atoms with Crippen LogP contribution in [-0.4, -0.2) is 10.4 Å². The summed E-state index contributed by atoms with van der Waals surface area (Å²) in [7, 11) is 0. The van der Waals surface area contributed by atoms with E-state index in [0.29, 0.717) is 23.3 Å². The third kappa shape index (κ3) is 3.15. The third-order valence-electron chi connectivity index (χ3n) is 6.22. The molecule has 1 aromatic heterocycles. The Morgan fingerprint density at radius 2 is 2.00 bits per heavy atom. The number of unbranched alkanes of at least 4 members (excludes halogenated alkanes) is 1. The fourth-order valence-electron chi connectivity index (χ4n) is 4.76. The van der Waals surface area contributed by atoms with Gasteiger partial charge in [-0.3, -0.25) is 9.36 Å². The minimum Gasteiger partial charge on any atom is -0.461 e. The minimum atomic E-state index is -0.813. The van der Waals surface area contributed by atoms with Crippen LogP contribution in [0.4, 0.5) is 0 Å². The lowest BCUT2D eigenvalue weighted by Gasteiger charge is -2.46. The van der Waals surface area contributed by atoms with Crippen LogP contribution in [0.15, 0.2) is 59.4 Å². The highest BCUT2D eigenvalue weighted by Gasteiger charge is 2.48. The van der Waals surface area contributed by atoms with Crippen LogP contribution < -0.4 is 10.3 Å². The molecule has 2 bridgehead atoms. The molecule has 2 aliphatic rings. The second-order valence-electron chi connectivity index (χ2n) is 8.36. The first-order chi connectivity index (χ1) is 15.0. The fraction of sp³-hybridized carbons (Fsp3) is 0.308. The van der Waals surface area contributed by atoms with E-state index in [0.717, 1.165) is 41.8 Å². The van der Waals surface area contributed by atoms with Crippen LogP contribution in [0.3, 0.4) is 0 Å². The molecule has 0 saturated heterocycles. The molecule has 5 rings (SSSR count). The molecule has 0 amide bonds. The highest BCUT2D eigenvalue weighted by atomic mass is 16.7. The number of aryl methyl sites for hydroxylation is 1. The van der Waals surface area contributed by atoms with Crippen molar-refractivity contribution in [3.05, 3.63) is 92.9 Å². The molecule has 5 heteroatoms. The quantitative estimate of drug-likeness (QED) is 0.608. The molecule has 31 heavy (non-hydrogen) atoms. The molecule has 2 aromatic carbocycles. The van der Waals surface area contributed by atoms with Gasteiger partial charge in [0.15, 0.2) is 0 Å². The summed E-state index contributed by atoms with van der Waals surface area (Å²) in [5.74, 6) is -0.205. The summed E-state index contributed by atoms with van der Waals surface area (Å²) in [6, 6.07) is 19.4. The third-order valence-corrected chi connectivity index (χ3v) is 6.22. The van der Waals surface area contributed by atoms with E-state index in [1.807, 2.05) is 55.5 Å². The van der Waals surface area contributed by atoms with Crippen molar-refractivity contribution in [2.75, 3.05) is 0 Å². The molecule has 3 aromatic rings. The van der Waals surface area contributed by atoms with Crippen LogP contribution >= 0.6 is 0 Å². The Hall–Kier alpha value is -3.36. The molecule has 0 radical (unpaired) electrons. The standard InChI is InChI=1S/C26H24N2O3/c1-3-4-12-26-15-19-14-18(16-27)10-11-21(19)24(31-26)23-22(30-26)13-17(2)28(25(23)29)20-8-6-5-7-9-20/h5-11,13-14,24H,3-4,12,15H2,1-2H3/t24?,26-/m1/s1. The number of pyridine rings is 1. The Kier molecular flexibility index (Phi) is 4.68. The first-order valence-electron chi connectivity index (χ1n) is 10.8. The van der Waals surface area contributed by atoms with Crippen LogP contribution in [0, 0.1) is 18.3 Å². The molecule has 1 unspecified atom stereocenters. The minimum absolute atomic E-state index is 0.132. The van der Waals surface area contributed by atoms with E-state index in [1.165, 1.54) is 0 Å². The van der Waals surface area contributed by atoms with Gasteiger partial charge in [-0.2, -0.15) is 5.26 Å². The zero-order valence-electron chi connectivity index (χ0n) is 17.7. The number of hydrogen-bond acceptors (Lipinski definition) is 4. The number of aromatic nitrogens is 1. The zero-order chi connectivity index (χ0) is 21.6. The molecule has 3 heterocycles. The van der Waals surface area contributed by atoms with Gasteiger partial charge in [-0.05, 0) is 48.7 Å². The van der Waals surface area contributed by atoms with Crippen molar-refractivity contribution in [2.24, 2.45) is 0 Å². The lowest BCUT2D eigenvalue weighted by molar-refractivity contribution is -0.232. The number of nitrogens with zero attached hydrogens (tertiary/aromatic N) is 2. The molecule has 2 atom stereocenters. The highest BCUT2D eigenvalue weighted by molar-refractivity contribution is 5.51. The van der Waals surface area contributed by atoms with Crippen LogP contribution in [0.2, 0.25) is 0 Å². The van der Waals surface area contributed by atoms with Gasteiger partial charge in [0.25, 0.3) is 5.56 Å². The van der Waals surface area contributed by atoms with E-state index >= 15 is 0 Å². The van der Waals surface area contributed by atoms with E-state index < -0.39 is 11.9 Å². The molecule has 156 valence electrons. The van der Waals surface area contributed by atoms with Crippen molar-refractivity contribution in [3.63, 3.8) is 0 Å². The van der Waals surface area contributed by atoms with Gasteiger partial charge >= 0.3 is 0 Å². The Balaban J connectivity index is 1.74. The zero-order valence-corrected chi connectivity index (χ0v) is 17.7. The Morgan fingerprint density at radius 1 is 1.19 bits per heavy atom. The first kappa shape index (κ1) is 19.6. The molecule has 5 nitrogen and oxygen atoms in total. The van der Waals surface area contributed by atoms with Crippen LogP contribution in [0.25, 0.3) is 5.69 Å². The number of nitriles is 1. The lowest BCUT2D eigenvalue weighted by Crippen LogP contribution is -2.50. The van der Waals surface area contributed by atoms with Crippen molar-refractivity contribution >= 4 is 0 Å². The largest absolute Gasteiger partial charge is 0.461 e. The fourth-order valence-corrected chi connectivity index (χ4v) is 4.76. The van der Waals surface area contributed by atoms with Gasteiger partial charge in [-0.1, -0.05) is 37.6 Å². The normalized spacial score (nSPS) is 20.9. The predicted octanol–water partition coefficient (Wildman–Crippen LogP) is 4.96. The molecule has 0 spiro atoms. The Bertz CT molecular complexity index is 1260. The van der Waals surface area contributed by atoms with E-state index in [1.54, 1.807) is 10.6 Å². The summed E-state index contributed by atoms with van der Waals surface area (Å²) in [5, 5.41) is 9.38. The monoisotopic (exact) mass is 412 g/mol. The summed E-state index contributed by atoms with van der Waals surface area (Å²) in [5.41, 5.74) is 4.58. The Morgan fingerprint density at radius 3 is 2.74 bits per heavy atom. The van der Waals surface area contributed by atoms with Crippen LogP contribution in [-0.2, 0) is 11.2 Å². The first-order valence-corrected chi connectivity index (χ1v) is 10.8. The molecule has 0 aliphatic carbocycles. The number of fused-ring (bicyclic) bond motifs is 6. The maximum Gasteiger partial charge on any atom is 0.265 e. The van der Waals surface area contributed by atoms with E-state index in [2.05, 4.69) is 13.0 Å². The number of benzene rings is 2. The maximum atomic E-state index is 13.7. The molecule has 0 saturated carbocycles. The number of ether oxygens (including phenoxy) is 2. The average molecular weight is 412 g/mol. The lowest BCUT2D eigenvalue weighted by atomic mass is 9.84. The van der Waals surface area contributed by atoms with Crippen LogP contribution in [0.5, 0.6) is 5.75 Å². The summed E-state index contributed by atoms with van der Waals surface area (Å²) >= 11 is 0. The molecule has 0 N–H and O–H groups in total. The van der Waals surface area contributed by atoms with Crippen molar-refractivity contribution < 1.29 is 9.47 Å². The molecular formula is C26H24N2O3. The number of rotatable bonds is 4. The van der Waals surface area contributed by atoms with Crippen molar-refractivity contribution in [1.82, 2.24) is 4.57 Å². The van der Waals surface area contributed by atoms with Crippen molar-refractivity contribution in [1.29, 1.82) is 5.26 Å². The van der Waals surface area contributed by atoms with Gasteiger partial charge in [0, 0.05) is 30.3 Å². The van der Waals surface area contributed by atoms with Crippen LogP contribution in [0.1, 0.15) is 60.2 Å². The topological polar surface area (TPSA) is 64.2 Å². The molecule has 2 aliphatic heterocycles. The van der Waals surface area contributed by atoms with Gasteiger partial charge in [0.05, 0.1) is 17.2 Å². The number of para-hydroxylation sites is 1. The molecule has 0 fully saturated rings. The van der Waals surface area contributed by atoms with Crippen molar-refractivity contribution in [2.45, 2.75) is 51.4 Å². The second-order valence-corrected chi connectivity index (χ2v) is 8.36. The van der Waals surface area contributed by atoms with Crippen molar-refractivity contribution in [3.8, 4) is 17.5 Å². The summed E-state index contributed by atoms with van der Waals surface area (Å²) in [6.45, 7) is 4.06. The van der Waals surface area contributed by atoms with Gasteiger partial charge in [-0.15, -0.1) is 0 Å².